The van der Waals surface area contributed by atoms with Crippen molar-refractivity contribution < 1.29 is 24.2 Å². The van der Waals surface area contributed by atoms with Crippen molar-refractivity contribution in [3.05, 3.63) is 41.0 Å². The summed E-state index contributed by atoms with van der Waals surface area (Å²) in [5.41, 5.74) is 7.12. The van der Waals surface area contributed by atoms with E-state index in [4.69, 9.17) is 4.74 Å². The van der Waals surface area contributed by atoms with E-state index in [1.54, 1.807) is 24.3 Å². The molecule has 7 nitrogen and oxygen atoms in total. The largest absolute Gasteiger partial charge is 0.494 e. The Hall–Kier alpha value is -2.83. The average Bonchev–Trinajstić information content (AvgIpc) is 2.68. The molecular formula is C21H28N2O5. The van der Waals surface area contributed by atoms with Crippen LogP contribution in [0.25, 0.3) is 0 Å². The van der Waals surface area contributed by atoms with Gasteiger partial charge >= 0.3 is 5.97 Å². The van der Waals surface area contributed by atoms with E-state index in [1.807, 2.05) is 13.8 Å². The summed E-state index contributed by atoms with van der Waals surface area (Å²) in [6.07, 6.45) is 2.71. The molecule has 1 aromatic rings. The van der Waals surface area contributed by atoms with Gasteiger partial charge in [0.1, 0.15) is 5.75 Å². The van der Waals surface area contributed by atoms with Crippen molar-refractivity contribution in [2.75, 3.05) is 6.61 Å². The number of carbonyl (C=O) groups excluding carboxylic acids is 2. The van der Waals surface area contributed by atoms with Crippen LogP contribution in [0, 0.1) is 11.8 Å². The minimum Gasteiger partial charge on any atom is -0.494 e. The molecular weight excluding hydrogens is 360 g/mol. The smallest absolute Gasteiger partial charge is 0.307 e. The molecule has 0 aliphatic heterocycles. The molecule has 0 spiro atoms. The number of carboxylic acids is 1. The summed E-state index contributed by atoms with van der Waals surface area (Å²) in [5.74, 6) is -2.79. The summed E-state index contributed by atoms with van der Waals surface area (Å²) in [5, 5.41) is 9.42. The first-order valence-corrected chi connectivity index (χ1v) is 9.54. The Morgan fingerprint density at radius 1 is 1.04 bits per heavy atom. The second kappa shape index (κ2) is 9.92. The first kappa shape index (κ1) is 21.5. The second-order valence-electron chi connectivity index (χ2n) is 7.19. The maximum absolute atomic E-state index is 12.5. The SMILES string of the molecule is CCCCOc1ccc(C(=O)NNC(=O)[C@@H]2CC(C)=C(C)C[C@H]2C(=O)O)cc1. The number of carbonyl (C=O) groups is 3. The van der Waals surface area contributed by atoms with Crippen LogP contribution in [0.4, 0.5) is 0 Å². The molecule has 0 unspecified atom stereocenters. The van der Waals surface area contributed by atoms with E-state index in [-0.39, 0.29) is 0 Å². The fourth-order valence-corrected chi connectivity index (χ4v) is 3.15. The lowest BCUT2D eigenvalue weighted by Gasteiger charge is -2.29. The standard InChI is InChI=1S/C21H28N2O5/c1-4-5-10-28-16-8-6-15(7-9-16)19(24)22-23-20(25)17-11-13(2)14(3)12-18(17)21(26)27/h6-9,17-18H,4-5,10-12H2,1-3H3,(H,22,24)(H,23,25)(H,26,27)/t17-,18-/m1/s1. The lowest BCUT2D eigenvalue weighted by molar-refractivity contribution is -0.147. The first-order chi connectivity index (χ1) is 13.3. The highest BCUT2D eigenvalue weighted by Crippen LogP contribution is 2.34. The Labute approximate surface area is 165 Å². The summed E-state index contributed by atoms with van der Waals surface area (Å²) >= 11 is 0. The number of benzene rings is 1. The van der Waals surface area contributed by atoms with E-state index in [9.17, 15) is 19.5 Å². The molecule has 0 bridgehead atoms. The zero-order valence-corrected chi connectivity index (χ0v) is 16.6. The molecule has 0 saturated carbocycles. The molecule has 28 heavy (non-hydrogen) atoms. The third-order valence-corrected chi connectivity index (χ3v) is 5.10. The minimum absolute atomic E-state index is 0.340. The highest BCUT2D eigenvalue weighted by molar-refractivity contribution is 5.96. The van der Waals surface area contributed by atoms with Gasteiger partial charge in [-0.1, -0.05) is 24.5 Å². The van der Waals surface area contributed by atoms with Crippen LogP contribution in [0.3, 0.4) is 0 Å². The maximum atomic E-state index is 12.5. The van der Waals surface area contributed by atoms with E-state index < -0.39 is 29.6 Å². The van der Waals surface area contributed by atoms with Crippen molar-refractivity contribution in [2.45, 2.75) is 46.5 Å². The van der Waals surface area contributed by atoms with Crippen LogP contribution >= 0.6 is 0 Å². The van der Waals surface area contributed by atoms with E-state index in [0.717, 1.165) is 24.0 Å². The van der Waals surface area contributed by atoms with Crippen molar-refractivity contribution in [2.24, 2.45) is 11.8 Å². The number of rotatable bonds is 7. The summed E-state index contributed by atoms with van der Waals surface area (Å²) in [6.45, 7) is 6.49. The van der Waals surface area contributed by atoms with Crippen molar-refractivity contribution in [3.63, 3.8) is 0 Å². The van der Waals surface area contributed by atoms with Gasteiger partial charge < -0.3 is 9.84 Å². The normalized spacial score (nSPS) is 19.1. The van der Waals surface area contributed by atoms with Gasteiger partial charge in [-0.25, -0.2) is 0 Å². The lowest BCUT2D eigenvalue weighted by atomic mass is 9.76. The number of ether oxygens (including phenoxy) is 1. The van der Waals surface area contributed by atoms with E-state index in [2.05, 4.69) is 17.8 Å². The predicted octanol–water partition coefficient (Wildman–Crippen LogP) is 3.07. The number of unbranched alkanes of at least 4 members (excludes halogenated alkanes) is 1. The third-order valence-electron chi connectivity index (χ3n) is 5.10. The number of nitrogens with one attached hydrogen (secondary N) is 2. The van der Waals surface area contributed by atoms with Gasteiger partial charge in [0.15, 0.2) is 0 Å². The summed E-state index contributed by atoms with van der Waals surface area (Å²) in [4.78, 5) is 36.2. The average molecular weight is 388 g/mol. The quantitative estimate of drug-likeness (QED) is 0.378. The van der Waals surface area contributed by atoms with Gasteiger partial charge in [0.25, 0.3) is 5.91 Å². The number of allylic oxidation sites excluding steroid dienone is 2. The fourth-order valence-electron chi connectivity index (χ4n) is 3.15. The number of aliphatic carboxylic acids is 1. The maximum Gasteiger partial charge on any atom is 0.307 e. The molecule has 0 heterocycles. The van der Waals surface area contributed by atoms with Gasteiger partial charge in [0.05, 0.1) is 18.4 Å². The highest BCUT2D eigenvalue weighted by Gasteiger charge is 2.37. The molecule has 3 N–H and O–H groups in total. The van der Waals surface area contributed by atoms with Gasteiger partial charge in [-0.05, 0) is 57.4 Å². The molecule has 2 amide bonds. The molecule has 0 radical (unpaired) electrons. The van der Waals surface area contributed by atoms with E-state index in [0.29, 0.717) is 30.8 Å². The Morgan fingerprint density at radius 3 is 2.21 bits per heavy atom. The molecule has 1 aliphatic carbocycles. The van der Waals surface area contributed by atoms with Crippen LogP contribution in [0.1, 0.15) is 56.8 Å². The fraction of sp³-hybridized carbons (Fsp3) is 0.476. The number of hydrazine groups is 1. The first-order valence-electron chi connectivity index (χ1n) is 9.54. The van der Waals surface area contributed by atoms with Crippen molar-refractivity contribution >= 4 is 17.8 Å². The Kier molecular flexibility index (Phi) is 7.61. The Balaban J connectivity index is 1.92. The molecule has 1 aromatic carbocycles. The Bertz CT molecular complexity index is 755. The molecule has 2 atom stereocenters. The topological polar surface area (TPSA) is 105 Å². The number of carboxylic acid groups (broad SMARTS) is 1. The highest BCUT2D eigenvalue weighted by atomic mass is 16.5. The summed E-state index contributed by atoms with van der Waals surface area (Å²) in [6, 6.07) is 6.62. The van der Waals surface area contributed by atoms with Crippen molar-refractivity contribution in [1.82, 2.24) is 10.9 Å². The van der Waals surface area contributed by atoms with Crippen LogP contribution < -0.4 is 15.6 Å². The molecule has 0 fully saturated rings. The van der Waals surface area contributed by atoms with Gasteiger partial charge in [0, 0.05) is 5.56 Å². The lowest BCUT2D eigenvalue weighted by Crippen LogP contribution is -2.48. The minimum atomic E-state index is -1.00. The van der Waals surface area contributed by atoms with Crippen molar-refractivity contribution in [1.29, 1.82) is 0 Å². The zero-order valence-electron chi connectivity index (χ0n) is 16.6. The number of hydrogen-bond donors (Lipinski definition) is 3. The monoisotopic (exact) mass is 388 g/mol. The predicted molar refractivity (Wildman–Crippen MR) is 105 cm³/mol. The van der Waals surface area contributed by atoms with E-state index >= 15 is 0 Å². The van der Waals surface area contributed by atoms with Gasteiger partial charge in [-0.2, -0.15) is 0 Å². The molecule has 0 saturated heterocycles. The van der Waals surface area contributed by atoms with Crippen LogP contribution in [-0.2, 0) is 9.59 Å². The number of hydrogen-bond acceptors (Lipinski definition) is 4. The molecule has 152 valence electrons. The Morgan fingerprint density at radius 2 is 1.64 bits per heavy atom. The van der Waals surface area contributed by atoms with Crippen LogP contribution in [0.15, 0.2) is 35.4 Å². The molecule has 1 aliphatic rings. The second-order valence-corrected chi connectivity index (χ2v) is 7.19. The van der Waals surface area contributed by atoms with Crippen LogP contribution in [0.5, 0.6) is 5.75 Å². The van der Waals surface area contributed by atoms with Gasteiger partial charge in [0.2, 0.25) is 5.91 Å². The third kappa shape index (κ3) is 5.58. The summed E-state index contributed by atoms with van der Waals surface area (Å²) in [7, 11) is 0. The van der Waals surface area contributed by atoms with E-state index in [1.165, 1.54) is 0 Å². The van der Waals surface area contributed by atoms with Gasteiger partial charge in [-0.3, -0.25) is 25.2 Å². The number of amides is 2. The molecule has 7 heteroatoms. The summed E-state index contributed by atoms with van der Waals surface area (Å²) < 4.78 is 5.55. The molecule has 2 rings (SSSR count). The van der Waals surface area contributed by atoms with Crippen LogP contribution in [0.2, 0.25) is 0 Å². The zero-order chi connectivity index (χ0) is 20.7. The van der Waals surface area contributed by atoms with Crippen LogP contribution in [-0.4, -0.2) is 29.5 Å². The van der Waals surface area contributed by atoms with Crippen molar-refractivity contribution in [3.8, 4) is 5.75 Å². The molecule has 0 aromatic heterocycles. The van der Waals surface area contributed by atoms with Gasteiger partial charge in [-0.15, -0.1) is 0 Å².